The number of carbonyl (C=O) groups excluding carboxylic acids is 3. The highest BCUT2D eigenvalue weighted by atomic mass is 35.6. The number of benzene rings is 4. The maximum atomic E-state index is 14.2. The quantitative estimate of drug-likeness (QED) is 0.0759. The van der Waals surface area contributed by atoms with Crippen molar-refractivity contribution in [2.24, 2.45) is 0 Å². The Balaban J connectivity index is 1.56. The number of amides is 1. The fourth-order valence-corrected chi connectivity index (χ4v) is 6.42. The molecule has 1 aliphatic rings. The first-order chi connectivity index (χ1) is 25.0. The van der Waals surface area contributed by atoms with E-state index in [2.05, 4.69) is 0 Å². The van der Waals surface area contributed by atoms with Crippen LogP contribution in [0.2, 0.25) is 0 Å². The molecule has 274 valence electrons. The van der Waals surface area contributed by atoms with Gasteiger partial charge in [0.15, 0.2) is 12.2 Å². The van der Waals surface area contributed by atoms with Crippen LogP contribution in [-0.2, 0) is 46.5 Å². The Kier molecular flexibility index (Phi) is 14.0. The van der Waals surface area contributed by atoms with Crippen molar-refractivity contribution in [3.8, 4) is 0 Å². The molecule has 5 rings (SSSR count). The molecule has 0 aliphatic carbocycles. The summed E-state index contributed by atoms with van der Waals surface area (Å²) in [6.45, 7) is 2.11. The summed E-state index contributed by atoms with van der Waals surface area (Å²) in [5.74, 6) is -1.27. The van der Waals surface area contributed by atoms with Gasteiger partial charge in [-0.2, -0.15) is 0 Å². The molecule has 1 saturated heterocycles. The molecule has 4 aromatic carbocycles. The van der Waals surface area contributed by atoms with Gasteiger partial charge >= 0.3 is 18.0 Å². The molecule has 0 radical (unpaired) electrons. The highest BCUT2D eigenvalue weighted by molar-refractivity contribution is 6.67. The number of alkyl halides is 3. The molecule has 0 N–H and O–H groups in total. The van der Waals surface area contributed by atoms with Crippen molar-refractivity contribution in [3.05, 3.63) is 126 Å². The molecule has 4 aromatic rings. The van der Waals surface area contributed by atoms with Crippen molar-refractivity contribution in [1.82, 2.24) is 4.90 Å². The number of halogens is 3. The number of hydrogen-bond acceptors (Lipinski definition) is 8. The van der Waals surface area contributed by atoms with Crippen LogP contribution in [0.3, 0.4) is 0 Å². The third kappa shape index (κ3) is 11.2. The summed E-state index contributed by atoms with van der Waals surface area (Å²) in [5.41, 5.74) is 2.64. The molecule has 1 heterocycles. The molecule has 0 spiro atoms. The van der Waals surface area contributed by atoms with Crippen molar-refractivity contribution >= 4 is 69.7 Å². The fraction of sp³-hybridized carbons (Fsp3) is 0.325. The molecule has 0 aromatic heterocycles. The predicted octanol–water partition coefficient (Wildman–Crippen LogP) is 8.47. The number of piperidine rings is 1. The molecule has 52 heavy (non-hydrogen) atoms. The van der Waals surface area contributed by atoms with Crippen molar-refractivity contribution < 1.29 is 38.1 Å². The van der Waals surface area contributed by atoms with Gasteiger partial charge < -0.3 is 23.7 Å². The number of likely N-dealkylation sites (tertiary alicyclic amines) is 1. The first-order valence-electron chi connectivity index (χ1n) is 16.8. The predicted molar refractivity (Wildman–Crippen MR) is 201 cm³/mol. The monoisotopic (exact) mass is 767 g/mol. The summed E-state index contributed by atoms with van der Waals surface area (Å²) in [6.07, 6.45) is -0.251. The summed E-state index contributed by atoms with van der Waals surface area (Å²) in [7, 11) is 0. The third-order valence-corrected chi connectivity index (χ3v) is 8.77. The molecule has 9 nitrogen and oxygen atoms in total. The van der Waals surface area contributed by atoms with E-state index in [1.54, 1.807) is 0 Å². The average molecular weight is 769 g/mol. The summed E-state index contributed by atoms with van der Waals surface area (Å²) in [6, 6.07) is 31.0. The molecule has 0 saturated carbocycles. The lowest BCUT2D eigenvalue weighted by Gasteiger charge is -2.51. The van der Waals surface area contributed by atoms with Crippen molar-refractivity contribution in [1.29, 1.82) is 0 Å². The smallest absolute Gasteiger partial charge is 0.410 e. The highest BCUT2D eigenvalue weighted by Crippen LogP contribution is 2.36. The van der Waals surface area contributed by atoms with Gasteiger partial charge in [-0.3, -0.25) is 14.5 Å². The normalized spacial score (nSPS) is 20.5. The van der Waals surface area contributed by atoms with E-state index in [1.807, 2.05) is 115 Å². The minimum Gasteiger partial charge on any atom is -0.457 e. The van der Waals surface area contributed by atoms with Crippen LogP contribution in [0.5, 0.6) is 0 Å². The minimum atomic E-state index is -1.91. The second kappa shape index (κ2) is 18.6. The lowest BCUT2D eigenvalue weighted by Crippen LogP contribution is -2.70. The number of carbonyl (C=O) groups is 3. The van der Waals surface area contributed by atoms with Gasteiger partial charge in [0.05, 0.1) is 31.9 Å². The number of rotatable bonds is 13. The molecule has 12 heteroatoms. The molecular weight excluding hydrogens is 729 g/mol. The van der Waals surface area contributed by atoms with Gasteiger partial charge in [0.25, 0.3) is 0 Å². The maximum absolute atomic E-state index is 14.2. The zero-order valence-corrected chi connectivity index (χ0v) is 31.0. The third-order valence-electron chi connectivity index (χ3n) is 8.44. The van der Waals surface area contributed by atoms with Gasteiger partial charge in [-0.1, -0.05) is 144 Å². The Hall–Kier alpha value is -4.12. The number of esters is 2. The number of nitrogens with zero attached hydrogens (tertiary/aromatic N) is 1. The van der Waals surface area contributed by atoms with E-state index in [4.69, 9.17) is 58.5 Å². The van der Waals surface area contributed by atoms with E-state index < -0.39 is 58.8 Å². The summed E-state index contributed by atoms with van der Waals surface area (Å²) >= 11 is 18.0. The van der Waals surface area contributed by atoms with Crippen LogP contribution in [0.4, 0.5) is 4.79 Å². The average Bonchev–Trinajstić information content (AvgIpc) is 3.11. The molecule has 5 atom stereocenters. The Labute approximate surface area is 318 Å². The van der Waals surface area contributed by atoms with Gasteiger partial charge in [0.2, 0.25) is 3.79 Å². The number of fused-ring (bicyclic) bond motifs is 1. The maximum Gasteiger partial charge on any atom is 0.410 e. The van der Waals surface area contributed by atoms with Crippen LogP contribution >= 0.6 is 34.8 Å². The van der Waals surface area contributed by atoms with Crippen LogP contribution in [0, 0.1) is 0 Å². The SMILES string of the molecule is CC(=O)O[C@@H]1[C@@H](OCc2ccccc2)[C@H](OC(C)=O)[C@@H](COCc2ccccc2)N(C(=O)OCC(Cl)(Cl)Cl)[C@@H]1C/C=C/c1ccc2ccccc2c1. The molecular formula is C40H40Cl3NO8. The highest BCUT2D eigenvalue weighted by Gasteiger charge is 2.55. The lowest BCUT2D eigenvalue weighted by atomic mass is 9.85. The van der Waals surface area contributed by atoms with Crippen molar-refractivity contribution in [2.45, 2.75) is 67.7 Å². The molecule has 1 amide bonds. The second-order valence-corrected chi connectivity index (χ2v) is 14.9. The summed E-state index contributed by atoms with van der Waals surface area (Å²) in [4.78, 5) is 41.0. The lowest BCUT2D eigenvalue weighted by molar-refractivity contribution is -0.216. The number of hydrogen-bond donors (Lipinski definition) is 0. The standard InChI is InChI=1S/C40H40Cl3NO8/c1-27(45)51-36-34(19-11-16-29-20-21-32-17-9-10-18-33(32)22-29)44(39(47)50-26-40(41,42)43)35(25-48-23-30-12-5-3-6-13-30)37(52-28(2)46)38(36)49-24-31-14-7-4-8-15-31/h3-18,20-22,34-38H,19,23-26H2,1-2H3/b16-11+/t34-,35-,36+,37-,38-/m1/s1. The molecule has 0 unspecified atom stereocenters. The second-order valence-electron chi connectivity index (χ2n) is 12.4. The van der Waals surface area contributed by atoms with Crippen molar-refractivity contribution in [3.63, 3.8) is 0 Å². The number of ether oxygens (including phenoxy) is 5. The van der Waals surface area contributed by atoms with Crippen LogP contribution in [0.1, 0.15) is 37.0 Å². The van der Waals surface area contributed by atoms with Crippen LogP contribution in [0.15, 0.2) is 109 Å². The first kappa shape index (κ1) is 39.1. The van der Waals surface area contributed by atoms with Gasteiger partial charge in [0.1, 0.15) is 12.7 Å². The zero-order valence-electron chi connectivity index (χ0n) is 28.7. The van der Waals surface area contributed by atoms with E-state index in [0.29, 0.717) is 0 Å². The molecule has 1 aliphatic heterocycles. The Morgan fingerprint density at radius 3 is 1.90 bits per heavy atom. The fourth-order valence-electron chi connectivity index (χ4n) is 6.26. The minimum absolute atomic E-state index is 0.0932. The molecule has 1 fully saturated rings. The van der Waals surface area contributed by atoms with E-state index in [9.17, 15) is 14.4 Å². The summed E-state index contributed by atoms with van der Waals surface area (Å²) in [5, 5.41) is 2.16. The Morgan fingerprint density at radius 1 is 0.712 bits per heavy atom. The largest absolute Gasteiger partial charge is 0.457 e. The summed E-state index contributed by atoms with van der Waals surface area (Å²) < 4.78 is 28.2. The zero-order chi connectivity index (χ0) is 37.1. The van der Waals surface area contributed by atoms with E-state index in [0.717, 1.165) is 27.5 Å². The van der Waals surface area contributed by atoms with E-state index in [-0.39, 0.29) is 26.2 Å². The van der Waals surface area contributed by atoms with Gasteiger partial charge in [-0.25, -0.2) is 4.79 Å². The van der Waals surface area contributed by atoms with Gasteiger partial charge in [0, 0.05) is 13.8 Å². The molecule has 0 bridgehead atoms. The topological polar surface area (TPSA) is 101 Å². The van der Waals surface area contributed by atoms with Crippen LogP contribution in [-0.4, -0.2) is 70.3 Å². The van der Waals surface area contributed by atoms with Gasteiger partial charge in [-0.05, 0) is 39.9 Å². The Morgan fingerprint density at radius 2 is 1.29 bits per heavy atom. The van der Waals surface area contributed by atoms with Crippen molar-refractivity contribution in [2.75, 3.05) is 13.2 Å². The van der Waals surface area contributed by atoms with E-state index in [1.165, 1.54) is 18.7 Å². The van der Waals surface area contributed by atoms with E-state index >= 15 is 0 Å². The van der Waals surface area contributed by atoms with Crippen LogP contribution < -0.4 is 0 Å². The van der Waals surface area contributed by atoms with Gasteiger partial charge in [-0.15, -0.1) is 0 Å². The van der Waals surface area contributed by atoms with Crippen LogP contribution in [0.25, 0.3) is 16.8 Å². The Bertz CT molecular complexity index is 1820. The first-order valence-corrected chi connectivity index (χ1v) is 17.9.